The molecule has 0 aromatic carbocycles. The molecule has 0 saturated carbocycles. The molecule has 0 unspecified atom stereocenters. The summed E-state index contributed by atoms with van der Waals surface area (Å²) in [6, 6.07) is 1.76. The summed E-state index contributed by atoms with van der Waals surface area (Å²) in [5, 5.41) is 5.40. The number of carbonyl (C=O) groups excluding carboxylic acids is 1. The number of rotatable bonds is 23. The molecule has 0 spiro atoms. The molecule has 0 fully saturated rings. The highest BCUT2D eigenvalue weighted by Crippen LogP contribution is 2.44. The molecular formula is C19H43NO7S4Si2. The molecule has 33 heavy (non-hydrogen) atoms. The predicted molar refractivity (Wildman–Crippen MR) is 149 cm³/mol. The van der Waals surface area contributed by atoms with Crippen LogP contribution in [0.3, 0.4) is 0 Å². The topological polar surface area (TPSA) is 96.3 Å². The molecule has 14 heteroatoms. The van der Waals surface area contributed by atoms with Gasteiger partial charge in [-0.05, 0) is 74.0 Å². The van der Waals surface area contributed by atoms with Crippen molar-refractivity contribution in [2.45, 2.75) is 66.5 Å². The summed E-state index contributed by atoms with van der Waals surface area (Å²) in [6.07, 6.45) is 2.83. The summed E-state index contributed by atoms with van der Waals surface area (Å²) >= 11 is 0. The first-order valence-electron chi connectivity index (χ1n) is 11.4. The maximum atomic E-state index is 8.35. The second-order valence-corrected chi connectivity index (χ2v) is 17.8. The van der Waals surface area contributed by atoms with Crippen LogP contribution in [-0.2, 0) is 31.4 Å². The molecule has 0 rings (SSSR count). The van der Waals surface area contributed by atoms with Crippen LogP contribution in [0.5, 0.6) is 0 Å². The smallest absolute Gasteiger partial charge is 0.374 e. The second kappa shape index (κ2) is 26.0. The summed E-state index contributed by atoms with van der Waals surface area (Å²) in [7, 11) is 2.48. The van der Waals surface area contributed by atoms with Gasteiger partial charge in [0.05, 0.1) is 0 Å². The van der Waals surface area contributed by atoms with E-state index in [9.17, 15) is 0 Å². The summed E-state index contributed by atoms with van der Waals surface area (Å²) in [5.74, 6) is 2.13. The molecule has 0 aliphatic carbocycles. The van der Waals surface area contributed by atoms with Crippen molar-refractivity contribution in [2.75, 3.05) is 51.1 Å². The minimum atomic E-state index is -2.49. The Morgan fingerprint density at radius 1 is 0.606 bits per heavy atom. The van der Waals surface area contributed by atoms with E-state index in [-0.39, 0.29) is 0 Å². The zero-order chi connectivity index (χ0) is 25.3. The standard InChI is InChI=1S/C18H42O6S4Si2.CHNO/c1-7-19-29(20-8-2,21-9-3)17-13-15-25-27-28-26-16-14-18-30(22-10-4,23-11-5)24-12-6;2-1-3/h7-18H2,1-6H3;2H. The van der Waals surface area contributed by atoms with E-state index in [1.165, 1.54) is 0 Å². The normalized spacial score (nSPS) is 11.7. The first-order chi connectivity index (χ1) is 16.0. The van der Waals surface area contributed by atoms with Crippen molar-refractivity contribution in [1.82, 2.24) is 0 Å². The van der Waals surface area contributed by atoms with Crippen LogP contribution in [0.25, 0.3) is 0 Å². The highest BCUT2D eigenvalue weighted by atomic mass is 33.7. The third-order valence-electron chi connectivity index (χ3n) is 3.73. The van der Waals surface area contributed by atoms with E-state index in [1.54, 1.807) is 0 Å². The van der Waals surface area contributed by atoms with Crippen LogP contribution < -0.4 is 0 Å². The molecule has 0 saturated heterocycles. The Morgan fingerprint density at radius 2 is 0.848 bits per heavy atom. The molecule has 8 nitrogen and oxygen atoms in total. The maximum absolute atomic E-state index is 8.35. The van der Waals surface area contributed by atoms with Crippen molar-refractivity contribution in [3.05, 3.63) is 0 Å². The van der Waals surface area contributed by atoms with Gasteiger partial charge in [0.25, 0.3) is 0 Å². The Hall–Kier alpha value is 0.974. The zero-order valence-corrected chi connectivity index (χ0v) is 26.2. The maximum Gasteiger partial charge on any atom is 0.500 e. The fourth-order valence-electron chi connectivity index (χ4n) is 2.81. The number of isocyanates is 1. The van der Waals surface area contributed by atoms with E-state index < -0.39 is 17.6 Å². The van der Waals surface area contributed by atoms with Crippen molar-refractivity contribution in [3.63, 3.8) is 0 Å². The molecule has 0 amide bonds. The van der Waals surface area contributed by atoms with Gasteiger partial charge in [0.2, 0.25) is 6.08 Å². The number of hydrogen-bond acceptors (Lipinski definition) is 12. The summed E-state index contributed by atoms with van der Waals surface area (Å²) < 4.78 is 35.4. The van der Waals surface area contributed by atoms with Gasteiger partial charge in [0.1, 0.15) is 0 Å². The van der Waals surface area contributed by atoms with Crippen LogP contribution in [0.2, 0.25) is 12.1 Å². The lowest BCUT2D eigenvalue weighted by Crippen LogP contribution is -2.46. The highest BCUT2D eigenvalue weighted by molar-refractivity contribution is 9.26. The average Bonchev–Trinajstić information content (AvgIpc) is 2.77. The molecule has 0 aromatic rings. The Balaban J connectivity index is 0. The number of nitrogens with one attached hydrogen (secondary N) is 1. The van der Waals surface area contributed by atoms with Crippen LogP contribution in [0.1, 0.15) is 54.4 Å². The van der Waals surface area contributed by atoms with Crippen LogP contribution in [0.15, 0.2) is 0 Å². The van der Waals surface area contributed by atoms with E-state index in [4.69, 9.17) is 36.8 Å². The van der Waals surface area contributed by atoms with E-state index in [1.807, 2.05) is 82.8 Å². The van der Waals surface area contributed by atoms with Gasteiger partial charge in [-0.15, -0.1) is 0 Å². The fourth-order valence-corrected chi connectivity index (χ4v) is 14.7. The van der Waals surface area contributed by atoms with Gasteiger partial charge in [0.15, 0.2) is 0 Å². The molecule has 0 aliphatic rings. The monoisotopic (exact) mass is 581 g/mol. The summed E-state index contributed by atoms with van der Waals surface area (Å²) in [4.78, 5) is 8.35. The fraction of sp³-hybridized carbons (Fsp3) is 0.947. The molecule has 1 N–H and O–H groups in total. The Kier molecular flexibility index (Phi) is 28.5. The Morgan fingerprint density at radius 3 is 1.06 bits per heavy atom. The minimum absolute atomic E-state index is 0.640. The van der Waals surface area contributed by atoms with Gasteiger partial charge in [-0.3, -0.25) is 0 Å². The Bertz CT molecular complexity index is 400. The first-order valence-corrected chi connectivity index (χ1v) is 20.5. The lowest BCUT2D eigenvalue weighted by atomic mass is 10.6. The molecule has 0 heterocycles. The number of hydrogen-bond donors (Lipinski definition) is 1. The third-order valence-corrected chi connectivity index (χ3v) is 16.7. The van der Waals surface area contributed by atoms with E-state index in [0.29, 0.717) is 39.6 Å². The third kappa shape index (κ3) is 19.8. The van der Waals surface area contributed by atoms with Gasteiger partial charge < -0.3 is 26.6 Å². The van der Waals surface area contributed by atoms with Crippen molar-refractivity contribution >= 4 is 64.9 Å². The van der Waals surface area contributed by atoms with Crippen molar-refractivity contribution in [2.24, 2.45) is 0 Å². The molecule has 0 bridgehead atoms. The molecule has 0 radical (unpaired) electrons. The van der Waals surface area contributed by atoms with Crippen molar-refractivity contribution in [3.8, 4) is 0 Å². The van der Waals surface area contributed by atoms with Crippen LogP contribution in [-0.4, -0.2) is 74.8 Å². The zero-order valence-electron chi connectivity index (χ0n) is 21.0. The van der Waals surface area contributed by atoms with Crippen LogP contribution in [0, 0.1) is 5.41 Å². The second-order valence-electron chi connectivity index (χ2n) is 6.05. The molecule has 198 valence electrons. The lowest BCUT2D eigenvalue weighted by molar-refractivity contribution is 0.0704. The summed E-state index contributed by atoms with van der Waals surface area (Å²) in [5.41, 5.74) is 0. The van der Waals surface area contributed by atoms with Crippen molar-refractivity contribution in [1.29, 1.82) is 5.41 Å². The van der Waals surface area contributed by atoms with E-state index in [2.05, 4.69) is 0 Å². The molecule has 0 aliphatic heterocycles. The SMILES string of the molecule is CCO[Si](CCCSSSSCCC[Si](OCC)(OCC)OCC)(OCC)OCC.N=C=O. The van der Waals surface area contributed by atoms with Gasteiger partial charge in [-0.25, -0.2) is 10.2 Å². The molecule has 0 aromatic heterocycles. The van der Waals surface area contributed by atoms with Gasteiger partial charge in [-0.1, -0.05) is 21.6 Å². The van der Waals surface area contributed by atoms with Gasteiger partial charge in [0, 0.05) is 63.2 Å². The largest absolute Gasteiger partial charge is 0.500 e. The van der Waals surface area contributed by atoms with Crippen LogP contribution in [0.4, 0.5) is 0 Å². The quantitative estimate of drug-likeness (QED) is 0.0474. The van der Waals surface area contributed by atoms with Gasteiger partial charge in [-0.2, -0.15) is 0 Å². The average molecular weight is 582 g/mol. The van der Waals surface area contributed by atoms with E-state index >= 15 is 0 Å². The van der Waals surface area contributed by atoms with Crippen LogP contribution >= 0.6 is 41.2 Å². The van der Waals surface area contributed by atoms with Crippen molar-refractivity contribution < 1.29 is 31.4 Å². The Labute approximate surface area is 218 Å². The van der Waals surface area contributed by atoms with E-state index in [0.717, 1.165) is 42.5 Å². The first kappa shape index (κ1) is 36.1. The summed E-state index contributed by atoms with van der Waals surface area (Å²) in [6.45, 7) is 15.8. The highest BCUT2D eigenvalue weighted by Gasteiger charge is 2.40. The minimum Gasteiger partial charge on any atom is -0.374 e. The predicted octanol–water partition coefficient (Wildman–Crippen LogP) is 6.44. The molecule has 0 atom stereocenters. The lowest BCUT2D eigenvalue weighted by Gasteiger charge is -2.28. The van der Waals surface area contributed by atoms with Gasteiger partial charge >= 0.3 is 17.6 Å². The molecular weight excluding hydrogens is 539 g/mol.